The van der Waals surface area contributed by atoms with Crippen molar-refractivity contribution >= 4 is 23.1 Å². The highest BCUT2D eigenvalue weighted by Gasteiger charge is 2.18. The maximum atomic E-state index is 14.5. The van der Waals surface area contributed by atoms with Crippen molar-refractivity contribution in [3.05, 3.63) is 53.8 Å². The second-order valence-electron chi connectivity index (χ2n) is 6.80. The molecular formula is C20H20FN7O2. The highest BCUT2D eigenvalue weighted by molar-refractivity contribution is 6.03. The first-order valence-electron chi connectivity index (χ1n) is 9.34. The van der Waals surface area contributed by atoms with Crippen LogP contribution in [0.5, 0.6) is 0 Å². The largest absolute Gasteiger partial charge is 0.436 e. The van der Waals surface area contributed by atoms with Gasteiger partial charge in [-0.05, 0) is 32.0 Å². The molecule has 0 saturated heterocycles. The first-order valence-corrected chi connectivity index (χ1v) is 9.34. The van der Waals surface area contributed by atoms with Crippen molar-refractivity contribution in [2.24, 2.45) is 0 Å². The summed E-state index contributed by atoms with van der Waals surface area (Å²) < 4.78 is 21.3. The van der Waals surface area contributed by atoms with Crippen LogP contribution in [0.1, 0.15) is 29.1 Å². The fourth-order valence-corrected chi connectivity index (χ4v) is 2.97. The molecule has 30 heavy (non-hydrogen) atoms. The molecule has 0 aliphatic rings. The summed E-state index contributed by atoms with van der Waals surface area (Å²) in [5.74, 6) is 0.0379. The average Bonchev–Trinajstić information content (AvgIpc) is 3.30. The van der Waals surface area contributed by atoms with Gasteiger partial charge in [-0.2, -0.15) is 4.98 Å². The quantitative estimate of drug-likeness (QED) is 0.540. The van der Waals surface area contributed by atoms with E-state index >= 15 is 0 Å². The molecule has 0 bridgehead atoms. The molecule has 4 rings (SSSR count). The van der Waals surface area contributed by atoms with E-state index in [1.807, 2.05) is 18.9 Å². The topological polar surface area (TPSA) is 101 Å². The second kappa shape index (κ2) is 7.54. The van der Waals surface area contributed by atoms with Gasteiger partial charge in [0, 0.05) is 26.2 Å². The first kappa shape index (κ1) is 19.5. The van der Waals surface area contributed by atoms with Crippen LogP contribution in [-0.2, 0) is 0 Å². The molecule has 0 atom stereocenters. The first-order chi connectivity index (χ1) is 14.4. The molecule has 0 spiro atoms. The number of nitrogens with one attached hydrogen (secondary N) is 1. The Kier molecular flexibility index (Phi) is 4.90. The predicted molar refractivity (Wildman–Crippen MR) is 109 cm³/mol. The molecule has 3 heterocycles. The van der Waals surface area contributed by atoms with E-state index < -0.39 is 11.7 Å². The molecule has 10 heteroatoms. The van der Waals surface area contributed by atoms with Crippen molar-refractivity contribution < 1.29 is 13.6 Å². The van der Waals surface area contributed by atoms with Crippen LogP contribution in [-0.4, -0.2) is 44.1 Å². The van der Waals surface area contributed by atoms with Crippen LogP contribution in [0.3, 0.4) is 0 Å². The van der Waals surface area contributed by atoms with E-state index in [9.17, 15) is 9.18 Å². The summed E-state index contributed by atoms with van der Waals surface area (Å²) in [6.07, 6.45) is 3.47. The number of rotatable bonds is 5. The van der Waals surface area contributed by atoms with Crippen molar-refractivity contribution in [2.75, 3.05) is 23.8 Å². The van der Waals surface area contributed by atoms with Crippen LogP contribution in [0.4, 0.5) is 15.8 Å². The number of aromatic nitrogens is 5. The van der Waals surface area contributed by atoms with E-state index in [1.165, 1.54) is 22.7 Å². The van der Waals surface area contributed by atoms with Gasteiger partial charge in [-0.25, -0.2) is 18.9 Å². The lowest BCUT2D eigenvalue weighted by molar-refractivity contribution is 0.0994. The van der Waals surface area contributed by atoms with E-state index in [1.54, 1.807) is 26.2 Å². The second-order valence-corrected chi connectivity index (χ2v) is 6.80. The lowest BCUT2D eigenvalue weighted by atomic mass is 10.1. The molecule has 0 aliphatic heterocycles. The van der Waals surface area contributed by atoms with Gasteiger partial charge in [-0.3, -0.25) is 4.79 Å². The minimum absolute atomic E-state index is 0.112. The molecule has 0 saturated carbocycles. The van der Waals surface area contributed by atoms with Gasteiger partial charge in [0.15, 0.2) is 11.7 Å². The Bertz CT molecular complexity index is 1250. The van der Waals surface area contributed by atoms with Crippen molar-refractivity contribution in [3.63, 3.8) is 0 Å². The molecule has 0 aliphatic carbocycles. The maximum Gasteiger partial charge on any atom is 0.293 e. The van der Waals surface area contributed by atoms with E-state index in [-0.39, 0.29) is 17.1 Å². The van der Waals surface area contributed by atoms with Crippen molar-refractivity contribution in [1.82, 2.24) is 24.6 Å². The number of oxazole rings is 1. The van der Waals surface area contributed by atoms with Gasteiger partial charge in [0.25, 0.3) is 11.7 Å². The summed E-state index contributed by atoms with van der Waals surface area (Å²) in [4.78, 5) is 27.1. The minimum atomic E-state index is -0.513. The van der Waals surface area contributed by atoms with Crippen LogP contribution in [0.15, 0.2) is 35.0 Å². The Balaban J connectivity index is 1.66. The van der Waals surface area contributed by atoms with Gasteiger partial charge in [0.05, 0.1) is 29.3 Å². The number of aryl methyl sites for hydroxylation is 2. The zero-order valence-corrected chi connectivity index (χ0v) is 17.0. The van der Waals surface area contributed by atoms with Crippen LogP contribution in [0.25, 0.3) is 17.2 Å². The van der Waals surface area contributed by atoms with Crippen LogP contribution in [0.2, 0.25) is 0 Å². The summed E-state index contributed by atoms with van der Waals surface area (Å²) >= 11 is 0. The highest BCUT2D eigenvalue weighted by atomic mass is 19.1. The van der Waals surface area contributed by atoms with Crippen molar-refractivity contribution in [2.45, 2.75) is 20.8 Å². The Hall–Kier alpha value is -3.82. The summed E-state index contributed by atoms with van der Waals surface area (Å²) in [7, 11) is 1.93. The normalized spacial score (nSPS) is 11.1. The lowest BCUT2D eigenvalue weighted by Crippen LogP contribution is -2.16. The molecule has 1 aromatic carbocycles. The Morgan fingerprint density at radius 1 is 1.30 bits per heavy atom. The number of carbonyl (C=O) groups excluding carboxylic acids is 1. The summed E-state index contributed by atoms with van der Waals surface area (Å²) in [6.45, 7) is 6.16. The molecule has 3 aromatic heterocycles. The Morgan fingerprint density at radius 3 is 2.80 bits per heavy atom. The SMILES string of the molecule is CCN(C)c1cnc2nc(-c3cc(NC(=O)c4oc(C)nc4C)ccc3F)nn2c1. The van der Waals surface area contributed by atoms with Gasteiger partial charge in [-0.1, -0.05) is 0 Å². The summed E-state index contributed by atoms with van der Waals surface area (Å²) in [6, 6.07) is 4.18. The average molecular weight is 409 g/mol. The monoisotopic (exact) mass is 409 g/mol. The fraction of sp³-hybridized carbons (Fsp3) is 0.250. The molecule has 0 unspecified atom stereocenters. The third-order valence-corrected chi connectivity index (χ3v) is 4.67. The van der Waals surface area contributed by atoms with Crippen LogP contribution in [0, 0.1) is 19.7 Å². The molecule has 9 nitrogen and oxygen atoms in total. The maximum absolute atomic E-state index is 14.5. The Labute approximate surface area is 171 Å². The number of nitrogens with zero attached hydrogens (tertiary/aromatic N) is 6. The number of benzene rings is 1. The third kappa shape index (κ3) is 3.59. The third-order valence-electron chi connectivity index (χ3n) is 4.67. The van der Waals surface area contributed by atoms with Gasteiger partial charge >= 0.3 is 0 Å². The van der Waals surface area contributed by atoms with Crippen LogP contribution >= 0.6 is 0 Å². The smallest absolute Gasteiger partial charge is 0.293 e. The molecule has 154 valence electrons. The van der Waals surface area contributed by atoms with E-state index in [2.05, 4.69) is 25.4 Å². The molecule has 1 N–H and O–H groups in total. The zero-order chi connectivity index (χ0) is 21.4. The van der Waals surface area contributed by atoms with Gasteiger partial charge in [0.1, 0.15) is 5.82 Å². The number of anilines is 2. The fourth-order valence-electron chi connectivity index (χ4n) is 2.97. The predicted octanol–water partition coefficient (Wildman–Crippen LogP) is 3.24. The van der Waals surface area contributed by atoms with E-state index in [0.29, 0.717) is 23.0 Å². The number of hydrogen-bond donors (Lipinski definition) is 1. The zero-order valence-electron chi connectivity index (χ0n) is 17.0. The molecular weight excluding hydrogens is 389 g/mol. The van der Waals surface area contributed by atoms with Crippen LogP contribution < -0.4 is 10.2 Å². The Morgan fingerprint density at radius 2 is 2.10 bits per heavy atom. The minimum Gasteiger partial charge on any atom is -0.436 e. The lowest BCUT2D eigenvalue weighted by Gasteiger charge is -2.15. The number of fused-ring (bicyclic) bond motifs is 1. The number of halogens is 1. The van der Waals surface area contributed by atoms with Crippen molar-refractivity contribution in [1.29, 1.82) is 0 Å². The number of hydrogen-bond acceptors (Lipinski definition) is 7. The molecule has 1 amide bonds. The summed E-state index contributed by atoms with van der Waals surface area (Å²) in [5.41, 5.74) is 1.87. The summed E-state index contributed by atoms with van der Waals surface area (Å²) in [5, 5.41) is 7.04. The van der Waals surface area contributed by atoms with Crippen molar-refractivity contribution in [3.8, 4) is 11.4 Å². The van der Waals surface area contributed by atoms with E-state index in [0.717, 1.165) is 12.2 Å². The molecule has 0 radical (unpaired) electrons. The number of amides is 1. The molecule has 4 aromatic rings. The van der Waals surface area contributed by atoms with Gasteiger partial charge in [-0.15, -0.1) is 5.10 Å². The van der Waals surface area contributed by atoms with E-state index in [4.69, 9.17) is 4.42 Å². The number of carbonyl (C=O) groups is 1. The van der Waals surface area contributed by atoms with Gasteiger partial charge in [0.2, 0.25) is 5.76 Å². The van der Waals surface area contributed by atoms with Gasteiger partial charge < -0.3 is 14.6 Å². The standard InChI is InChI=1S/C20H20FN7O2/c1-5-27(4)14-9-22-20-25-18(26-28(20)10-14)15-8-13(6-7-16(15)21)24-19(29)17-11(2)23-12(3)30-17/h6-10H,5H2,1-4H3,(H,24,29). The molecule has 0 fully saturated rings. The highest BCUT2D eigenvalue weighted by Crippen LogP contribution is 2.25.